The van der Waals surface area contributed by atoms with Gasteiger partial charge in [-0.15, -0.1) is 0 Å². The Morgan fingerprint density at radius 1 is 1.50 bits per heavy atom. The largest absolute Gasteiger partial charge is 0.468 e. The molecule has 1 heterocycles. The lowest BCUT2D eigenvalue weighted by Crippen LogP contribution is -2.29. The van der Waals surface area contributed by atoms with Crippen molar-refractivity contribution in [3.05, 3.63) is 23.7 Å². The molecule has 0 unspecified atom stereocenters. The van der Waals surface area contributed by atoms with Crippen LogP contribution in [0.2, 0.25) is 0 Å². The van der Waals surface area contributed by atoms with Crippen LogP contribution >= 0.6 is 0 Å². The lowest BCUT2D eigenvalue weighted by molar-refractivity contribution is 0.209. The summed E-state index contributed by atoms with van der Waals surface area (Å²) in [5.41, 5.74) is 6.67. The highest BCUT2D eigenvalue weighted by Gasteiger charge is 2.29. The Morgan fingerprint density at radius 2 is 2.25 bits per heavy atom. The molecule has 1 aromatic heterocycles. The molecule has 0 radical (unpaired) electrons. The summed E-state index contributed by atoms with van der Waals surface area (Å²) in [5, 5.41) is 0. The molecule has 1 fully saturated rings. The molecule has 0 atom stereocenters. The fraction of sp³-hybridized carbons (Fsp3) is 0.692. The van der Waals surface area contributed by atoms with E-state index >= 15 is 0 Å². The topological polar surface area (TPSA) is 42.4 Å². The molecule has 0 bridgehead atoms. The Bertz CT molecular complexity index is 328. The van der Waals surface area contributed by atoms with Crippen molar-refractivity contribution < 1.29 is 4.42 Å². The van der Waals surface area contributed by atoms with Crippen LogP contribution in [0, 0.1) is 5.92 Å². The molecule has 3 nitrogen and oxygen atoms in total. The van der Waals surface area contributed by atoms with E-state index in [-0.39, 0.29) is 0 Å². The SMILES string of the molecule is CC(C)CN(Cc1cc(CN)co1)C1CC1. The van der Waals surface area contributed by atoms with E-state index in [1.807, 2.05) is 0 Å². The fourth-order valence-corrected chi connectivity index (χ4v) is 2.07. The van der Waals surface area contributed by atoms with Crippen molar-refractivity contribution in [1.29, 1.82) is 0 Å². The van der Waals surface area contributed by atoms with E-state index in [2.05, 4.69) is 24.8 Å². The Labute approximate surface area is 97.6 Å². The standard InChI is InChI=1S/C13H22N2O/c1-10(2)7-15(12-3-4-12)8-13-5-11(6-14)9-16-13/h5,9-10,12H,3-4,6-8,14H2,1-2H3. The maximum absolute atomic E-state index is 5.57. The highest BCUT2D eigenvalue weighted by Crippen LogP contribution is 2.29. The van der Waals surface area contributed by atoms with Crippen molar-refractivity contribution in [2.75, 3.05) is 6.54 Å². The predicted molar refractivity (Wildman–Crippen MR) is 64.9 cm³/mol. The van der Waals surface area contributed by atoms with E-state index in [9.17, 15) is 0 Å². The lowest BCUT2D eigenvalue weighted by atomic mass is 10.2. The van der Waals surface area contributed by atoms with Crippen LogP contribution in [0.5, 0.6) is 0 Å². The van der Waals surface area contributed by atoms with Crippen molar-refractivity contribution in [1.82, 2.24) is 4.90 Å². The van der Waals surface area contributed by atoms with Crippen LogP contribution < -0.4 is 5.73 Å². The van der Waals surface area contributed by atoms with Gasteiger partial charge in [-0.25, -0.2) is 0 Å². The summed E-state index contributed by atoms with van der Waals surface area (Å²) < 4.78 is 5.52. The maximum atomic E-state index is 5.57. The third kappa shape index (κ3) is 3.09. The van der Waals surface area contributed by atoms with Crippen molar-refractivity contribution in [3.63, 3.8) is 0 Å². The summed E-state index contributed by atoms with van der Waals surface area (Å²) in [6.45, 7) is 7.19. The smallest absolute Gasteiger partial charge is 0.118 e. The van der Waals surface area contributed by atoms with Crippen LogP contribution in [0.3, 0.4) is 0 Å². The minimum atomic E-state index is 0.567. The number of nitrogens with two attached hydrogens (primary N) is 1. The van der Waals surface area contributed by atoms with Gasteiger partial charge in [-0.1, -0.05) is 13.8 Å². The van der Waals surface area contributed by atoms with Crippen molar-refractivity contribution in [3.8, 4) is 0 Å². The normalized spacial score (nSPS) is 16.3. The van der Waals surface area contributed by atoms with Crippen LogP contribution in [0.15, 0.2) is 16.7 Å². The number of nitrogens with zero attached hydrogens (tertiary/aromatic N) is 1. The number of hydrogen-bond acceptors (Lipinski definition) is 3. The van der Waals surface area contributed by atoms with Gasteiger partial charge in [0.1, 0.15) is 5.76 Å². The quantitative estimate of drug-likeness (QED) is 0.803. The van der Waals surface area contributed by atoms with Gasteiger partial charge in [0.05, 0.1) is 12.8 Å². The van der Waals surface area contributed by atoms with Crippen molar-refractivity contribution >= 4 is 0 Å². The molecule has 0 amide bonds. The first-order valence-corrected chi connectivity index (χ1v) is 6.19. The molecule has 3 heteroatoms. The third-order valence-electron chi connectivity index (χ3n) is 2.97. The van der Waals surface area contributed by atoms with Crippen LogP contribution in [-0.2, 0) is 13.1 Å². The summed E-state index contributed by atoms with van der Waals surface area (Å²) in [6.07, 6.45) is 4.46. The zero-order chi connectivity index (χ0) is 11.5. The van der Waals surface area contributed by atoms with Crippen LogP contribution in [-0.4, -0.2) is 17.5 Å². The molecule has 0 aromatic carbocycles. The minimum absolute atomic E-state index is 0.567. The third-order valence-corrected chi connectivity index (χ3v) is 2.97. The van der Waals surface area contributed by atoms with Crippen LogP contribution in [0.25, 0.3) is 0 Å². The summed E-state index contributed by atoms with van der Waals surface area (Å²) in [4.78, 5) is 2.53. The molecular weight excluding hydrogens is 200 g/mol. The minimum Gasteiger partial charge on any atom is -0.468 e. The van der Waals surface area contributed by atoms with Gasteiger partial charge in [-0.2, -0.15) is 0 Å². The molecule has 1 aromatic rings. The van der Waals surface area contributed by atoms with Gasteiger partial charge in [-0.3, -0.25) is 4.90 Å². The number of hydrogen-bond donors (Lipinski definition) is 1. The van der Waals surface area contributed by atoms with Crippen molar-refractivity contribution in [2.24, 2.45) is 11.7 Å². The van der Waals surface area contributed by atoms with E-state index in [1.54, 1.807) is 6.26 Å². The molecule has 90 valence electrons. The monoisotopic (exact) mass is 222 g/mol. The van der Waals surface area contributed by atoms with Gasteiger partial charge in [-0.05, 0) is 24.8 Å². The molecule has 0 spiro atoms. The summed E-state index contributed by atoms with van der Waals surface area (Å²) in [5.74, 6) is 1.76. The molecule has 0 aliphatic heterocycles. The molecular formula is C13H22N2O. The zero-order valence-corrected chi connectivity index (χ0v) is 10.3. The summed E-state index contributed by atoms with van der Waals surface area (Å²) in [7, 11) is 0. The number of furan rings is 1. The second-order valence-electron chi connectivity index (χ2n) is 5.18. The highest BCUT2D eigenvalue weighted by atomic mass is 16.3. The van der Waals surface area contributed by atoms with Gasteiger partial charge in [0.2, 0.25) is 0 Å². The first-order valence-electron chi connectivity index (χ1n) is 6.19. The highest BCUT2D eigenvalue weighted by molar-refractivity contribution is 5.12. The molecule has 2 rings (SSSR count). The van der Waals surface area contributed by atoms with Crippen LogP contribution in [0.4, 0.5) is 0 Å². The molecule has 16 heavy (non-hydrogen) atoms. The van der Waals surface area contributed by atoms with Gasteiger partial charge in [0.15, 0.2) is 0 Å². The maximum Gasteiger partial charge on any atom is 0.118 e. The Balaban J connectivity index is 1.93. The predicted octanol–water partition coefficient (Wildman–Crippen LogP) is 2.36. The van der Waals surface area contributed by atoms with Crippen molar-refractivity contribution in [2.45, 2.75) is 45.8 Å². The first kappa shape index (κ1) is 11.7. The molecule has 1 aliphatic carbocycles. The fourth-order valence-electron chi connectivity index (χ4n) is 2.07. The Morgan fingerprint density at radius 3 is 2.75 bits per heavy atom. The van der Waals surface area contributed by atoms with Gasteiger partial charge in [0, 0.05) is 24.7 Å². The molecule has 1 saturated carbocycles. The molecule has 2 N–H and O–H groups in total. The number of rotatable bonds is 6. The first-order chi connectivity index (χ1) is 7.69. The van der Waals surface area contributed by atoms with Gasteiger partial charge in [0.25, 0.3) is 0 Å². The Kier molecular flexibility index (Phi) is 3.66. The van der Waals surface area contributed by atoms with Crippen LogP contribution in [0.1, 0.15) is 38.0 Å². The van der Waals surface area contributed by atoms with E-state index in [1.165, 1.54) is 12.8 Å². The lowest BCUT2D eigenvalue weighted by Gasteiger charge is -2.22. The van der Waals surface area contributed by atoms with E-state index < -0.39 is 0 Å². The van der Waals surface area contributed by atoms with Gasteiger partial charge < -0.3 is 10.2 Å². The summed E-state index contributed by atoms with van der Waals surface area (Å²) in [6, 6.07) is 2.87. The van der Waals surface area contributed by atoms with E-state index in [4.69, 9.17) is 10.2 Å². The zero-order valence-electron chi connectivity index (χ0n) is 10.3. The average Bonchev–Trinajstić information content (AvgIpc) is 2.98. The van der Waals surface area contributed by atoms with E-state index in [0.717, 1.165) is 30.5 Å². The average molecular weight is 222 g/mol. The second-order valence-corrected chi connectivity index (χ2v) is 5.18. The molecule has 1 aliphatic rings. The van der Waals surface area contributed by atoms with E-state index in [0.29, 0.717) is 12.5 Å². The second kappa shape index (κ2) is 5.02. The van der Waals surface area contributed by atoms with Gasteiger partial charge >= 0.3 is 0 Å². The Hall–Kier alpha value is -0.800. The summed E-state index contributed by atoms with van der Waals surface area (Å²) >= 11 is 0. The molecule has 0 saturated heterocycles.